The van der Waals surface area contributed by atoms with Gasteiger partial charge in [0, 0.05) is 17.6 Å². The normalized spacial score (nSPS) is 11.5. The molecule has 0 fully saturated rings. The zero-order valence-corrected chi connectivity index (χ0v) is 24.7. The standard InChI is InChI=1S/C43H30N2/c1-3-16-33(17-4-1)45(34-18-5-2-6-19-34)42-29-27-31(30-44-42)26-28-38-36-21-9-11-23-40(36)43(41-24-12-10-22-37(38)41)39-25-13-15-32-14-7-8-20-35(32)39/h1-30H. The Morgan fingerprint density at radius 3 is 1.56 bits per heavy atom. The van der Waals surface area contributed by atoms with E-state index in [1.807, 2.05) is 18.3 Å². The molecule has 1 aromatic heterocycles. The number of hydrogen-bond acceptors (Lipinski definition) is 2. The molecule has 0 atom stereocenters. The Hall–Kier alpha value is -5.99. The van der Waals surface area contributed by atoms with Crippen LogP contribution in [0, 0.1) is 0 Å². The molecular weight excluding hydrogens is 544 g/mol. The van der Waals surface area contributed by atoms with Crippen molar-refractivity contribution in [1.82, 2.24) is 4.98 Å². The van der Waals surface area contributed by atoms with E-state index in [1.54, 1.807) is 0 Å². The van der Waals surface area contributed by atoms with Gasteiger partial charge in [-0.3, -0.25) is 4.90 Å². The molecule has 7 aromatic carbocycles. The van der Waals surface area contributed by atoms with Crippen LogP contribution in [0.4, 0.5) is 17.2 Å². The van der Waals surface area contributed by atoms with E-state index < -0.39 is 0 Å². The maximum atomic E-state index is 4.93. The van der Waals surface area contributed by atoms with Crippen LogP contribution in [0.2, 0.25) is 0 Å². The highest BCUT2D eigenvalue weighted by molar-refractivity contribution is 6.20. The summed E-state index contributed by atoms with van der Waals surface area (Å²) in [7, 11) is 0. The zero-order chi connectivity index (χ0) is 30.0. The van der Waals surface area contributed by atoms with Crippen molar-refractivity contribution in [3.63, 3.8) is 0 Å². The molecule has 45 heavy (non-hydrogen) atoms. The first-order valence-corrected chi connectivity index (χ1v) is 15.3. The van der Waals surface area contributed by atoms with E-state index in [1.165, 1.54) is 49.0 Å². The second-order valence-electron chi connectivity index (χ2n) is 11.2. The molecule has 8 rings (SSSR count). The maximum Gasteiger partial charge on any atom is 0.137 e. The molecule has 2 heteroatoms. The molecule has 0 bridgehead atoms. The fourth-order valence-corrected chi connectivity index (χ4v) is 6.45. The topological polar surface area (TPSA) is 16.1 Å². The average molecular weight is 575 g/mol. The van der Waals surface area contributed by atoms with Crippen molar-refractivity contribution in [2.75, 3.05) is 4.90 Å². The summed E-state index contributed by atoms with van der Waals surface area (Å²) in [5.74, 6) is 0.875. The minimum Gasteiger partial charge on any atom is -0.295 e. The predicted molar refractivity (Wildman–Crippen MR) is 192 cm³/mol. The van der Waals surface area contributed by atoms with Gasteiger partial charge in [0.05, 0.1) is 0 Å². The third-order valence-corrected chi connectivity index (χ3v) is 8.50. The van der Waals surface area contributed by atoms with E-state index >= 15 is 0 Å². The lowest BCUT2D eigenvalue weighted by molar-refractivity contribution is 1.18. The number of para-hydroxylation sites is 2. The number of anilines is 3. The van der Waals surface area contributed by atoms with Crippen LogP contribution in [0.25, 0.3) is 55.6 Å². The Balaban J connectivity index is 1.24. The van der Waals surface area contributed by atoms with E-state index in [0.29, 0.717) is 0 Å². The molecule has 0 amide bonds. The van der Waals surface area contributed by atoms with Crippen molar-refractivity contribution in [2.45, 2.75) is 0 Å². The molecule has 0 aliphatic heterocycles. The van der Waals surface area contributed by atoms with Crippen LogP contribution < -0.4 is 4.90 Å². The van der Waals surface area contributed by atoms with Gasteiger partial charge in [-0.1, -0.05) is 140 Å². The lowest BCUT2D eigenvalue weighted by Gasteiger charge is -2.24. The van der Waals surface area contributed by atoms with Crippen LogP contribution in [0.1, 0.15) is 11.1 Å². The van der Waals surface area contributed by atoms with Gasteiger partial charge in [0.1, 0.15) is 5.82 Å². The molecule has 8 aromatic rings. The van der Waals surface area contributed by atoms with Crippen molar-refractivity contribution in [3.8, 4) is 11.1 Å². The van der Waals surface area contributed by atoms with E-state index in [9.17, 15) is 0 Å². The number of fused-ring (bicyclic) bond motifs is 3. The summed E-state index contributed by atoms with van der Waals surface area (Å²) in [6.07, 6.45) is 6.39. The van der Waals surface area contributed by atoms with Crippen molar-refractivity contribution in [3.05, 3.63) is 181 Å². The Bertz CT molecular complexity index is 2200. The SMILES string of the molecule is C(=Cc1c2ccccc2c(-c2cccc3ccccc23)c2ccccc12)c1ccc(N(c2ccccc2)c2ccccc2)nc1. The molecule has 0 radical (unpaired) electrons. The van der Waals surface area contributed by atoms with Crippen LogP contribution in [-0.4, -0.2) is 4.98 Å². The third-order valence-electron chi connectivity index (χ3n) is 8.50. The number of benzene rings is 7. The van der Waals surface area contributed by atoms with E-state index in [2.05, 4.69) is 169 Å². The minimum absolute atomic E-state index is 0.875. The van der Waals surface area contributed by atoms with Crippen LogP contribution in [-0.2, 0) is 0 Å². The molecule has 1 heterocycles. The van der Waals surface area contributed by atoms with Crippen molar-refractivity contribution >= 4 is 61.7 Å². The average Bonchev–Trinajstić information content (AvgIpc) is 3.11. The molecule has 0 spiro atoms. The highest BCUT2D eigenvalue weighted by Gasteiger charge is 2.16. The minimum atomic E-state index is 0.875. The van der Waals surface area contributed by atoms with Gasteiger partial charge in [-0.2, -0.15) is 0 Å². The largest absolute Gasteiger partial charge is 0.295 e. The number of pyridine rings is 1. The molecular formula is C43H30N2. The summed E-state index contributed by atoms with van der Waals surface area (Å²) in [6, 6.07) is 57.9. The summed E-state index contributed by atoms with van der Waals surface area (Å²) in [6.45, 7) is 0. The lowest BCUT2D eigenvalue weighted by Crippen LogP contribution is -2.11. The highest BCUT2D eigenvalue weighted by atomic mass is 15.2. The lowest BCUT2D eigenvalue weighted by atomic mass is 9.86. The predicted octanol–water partition coefficient (Wildman–Crippen LogP) is 11.8. The maximum absolute atomic E-state index is 4.93. The number of hydrogen-bond donors (Lipinski definition) is 0. The van der Waals surface area contributed by atoms with Gasteiger partial charge in [-0.15, -0.1) is 0 Å². The molecule has 0 saturated heterocycles. The first-order chi connectivity index (χ1) is 22.3. The van der Waals surface area contributed by atoms with Gasteiger partial charge in [0.2, 0.25) is 0 Å². The molecule has 0 N–H and O–H groups in total. The Morgan fingerprint density at radius 1 is 0.422 bits per heavy atom. The van der Waals surface area contributed by atoms with Gasteiger partial charge in [0.15, 0.2) is 0 Å². The molecule has 0 aliphatic carbocycles. The van der Waals surface area contributed by atoms with Crippen molar-refractivity contribution < 1.29 is 0 Å². The fraction of sp³-hybridized carbons (Fsp3) is 0. The summed E-state index contributed by atoms with van der Waals surface area (Å²) >= 11 is 0. The molecule has 0 saturated carbocycles. The number of nitrogens with zero attached hydrogens (tertiary/aromatic N) is 2. The second-order valence-corrected chi connectivity index (χ2v) is 11.2. The van der Waals surface area contributed by atoms with Crippen LogP contribution in [0.3, 0.4) is 0 Å². The van der Waals surface area contributed by atoms with Gasteiger partial charge in [-0.05, 0) is 91.0 Å². The van der Waals surface area contributed by atoms with Gasteiger partial charge >= 0.3 is 0 Å². The Kier molecular flexibility index (Phi) is 6.86. The van der Waals surface area contributed by atoms with Crippen molar-refractivity contribution in [1.29, 1.82) is 0 Å². The second kappa shape index (κ2) is 11.6. The summed E-state index contributed by atoms with van der Waals surface area (Å²) < 4.78 is 0. The van der Waals surface area contributed by atoms with Crippen molar-refractivity contribution in [2.24, 2.45) is 0 Å². The Morgan fingerprint density at radius 2 is 0.956 bits per heavy atom. The molecule has 2 nitrogen and oxygen atoms in total. The molecule has 0 aliphatic rings. The Labute approximate surface area is 263 Å². The number of aromatic nitrogens is 1. The summed E-state index contributed by atoms with van der Waals surface area (Å²) in [4.78, 5) is 7.11. The van der Waals surface area contributed by atoms with Crippen LogP contribution in [0.5, 0.6) is 0 Å². The van der Waals surface area contributed by atoms with E-state index in [-0.39, 0.29) is 0 Å². The first-order valence-electron chi connectivity index (χ1n) is 15.3. The molecule has 0 unspecified atom stereocenters. The summed E-state index contributed by atoms with van der Waals surface area (Å²) in [5.41, 5.74) is 6.95. The van der Waals surface area contributed by atoms with Crippen LogP contribution >= 0.6 is 0 Å². The quantitative estimate of drug-likeness (QED) is 0.184. The summed E-state index contributed by atoms with van der Waals surface area (Å²) in [5, 5.41) is 7.49. The van der Waals surface area contributed by atoms with Gasteiger partial charge in [-0.25, -0.2) is 4.98 Å². The van der Waals surface area contributed by atoms with Crippen LogP contribution in [0.15, 0.2) is 170 Å². The monoisotopic (exact) mass is 574 g/mol. The first kappa shape index (κ1) is 26.6. The van der Waals surface area contributed by atoms with E-state index in [4.69, 9.17) is 4.98 Å². The number of rotatable bonds is 6. The van der Waals surface area contributed by atoms with Gasteiger partial charge in [0.25, 0.3) is 0 Å². The van der Waals surface area contributed by atoms with E-state index in [0.717, 1.165) is 22.8 Å². The smallest absolute Gasteiger partial charge is 0.137 e. The third kappa shape index (κ3) is 4.93. The fourth-order valence-electron chi connectivity index (χ4n) is 6.45. The molecule has 212 valence electrons. The van der Waals surface area contributed by atoms with Gasteiger partial charge < -0.3 is 0 Å². The highest BCUT2D eigenvalue weighted by Crippen LogP contribution is 2.42. The zero-order valence-electron chi connectivity index (χ0n) is 24.7.